The predicted molar refractivity (Wildman–Crippen MR) is 69.9 cm³/mol. The van der Waals surface area contributed by atoms with Crippen molar-refractivity contribution in [2.24, 2.45) is 0 Å². The minimum atomic E-state index is -0.0226. The van der Waals surface area contributed by atoms with Crippen LogP contribution in [-0.2, 0) is 10.6 Å². The summed E-state index contributed by atoms with van der Waals surface area (Å²) in [4.78, 5) is 4.39. The van der Waals surface area contributed by atoms with E-state index in [2.05, 4.69) is 4.98 Å². The van der Waals surface area contributed by atoms with Gasteiger partial charge in [-0.2, -0.15) is 0 Å². The van der Waals surface area contributed by atoms with Crippen LogP contribution in [0.25, 0.3) is 0 Å². The van der Waals surface area contributed by atoms with Gasteiger partial charge in [0.15, 0.2) is 0 Å². The van der Waals surface area contributed by atoms with Gasteiger partial charge in [-0.25, -0.2) is 4.98 Å². The number of halogens is 1. The molecule has 4 heteroatoms. The highest BCUT2D eigenvalue weighted by Gasteiger charge is 2.12. The summed E-state index contributed by atoms with van der Waals surface area (Å²) in [6.07, 6.45) is -0.0226. The Kier molecular flexibility index (Phi) is 5.72. The van der Waals surface area contributed by atoms with E-state index >= 15 is 0 Å². The average Bonchev–Trinajstić information content (AvgIpc) is 2.25. The molecule has 1 unspecified atom stereocenters. The number of aryl methyl sites for hydroxylation is 2. The third kappa shape index (κ3) is 4.17. The SMILES string of the molecule is CCOCC(C)Oc1nc(C)cc(C)c1CCl. The highest BCUT2D eigenvalue weighted by atomic mass is 35.5. The van der Waals surface area contributed by atoms with Crippen molar-refractivity contribution in [3.63, 3.8) is 0 Å². The monoisotopic (exact) mass is 257 g/mol. The predicted octanol–water partition coefficient (Wildman–Crippen LogP) is 3.24. The summed E-state index contributed by atoms with van der Waals surface area (Å²) < 4.78 is 11.1. The summed E-state index contributed by atoms with van der Waals surface area (Å²) in [5, 5.41) is 0. The molecule has 0 aliphatic heterocycles. The fourth-order valence-corrected chi connectivity index (χ4v) is 1.92. The van der Waals surface area contributed by atoms with E-state index < -0.39 is 0 Å². The number of hydrogen-bond acceptors (Lipinski definition) is 3. The van der Waals surface area contributed by atoms with Gasteiger partial charge in [-0.05, 0) is 39.3 Å². The maximum Gasteiger partial charge on any atom is 0.218 e. The van der Waals surface area contributed by atoms with Crippen LogP contribution in [0.1, 0.15) is 30.7 Å². The third-order valence-corrected chi connectivity index (χ3v) is 2.71. The van der Waals surface area contributed by atoms with Crippen molar-refractivity contribution >= 4 is 11.6 Å². The van der Waals surface area contributed by atoms with Crippen LogP contribution in [0.3, 0.4) is 0 Å². The van der Waals surface area contributed by atoms with Crippen LogP contribution in [-0.4, -0.2) is 24.3 Å². The third-order valence-electron chi connectivity index (χ3n) is 2.44. The zero-order valence-corrected chi connectivity index (χ0v) is 11.7. The number of rotatable bonds is 6. The Morgan fingerprint density at radius 2 is 2.12 bits per heavy atom. The van der Waals surface area contributed by atoms with E-state index in [1.165, 1.54) is 0 Å². The van der Waals surface area contributed by atoms with Crippen LogP contribution in [0.15, 0.2) is 6.07 Å². The zero-order chi connectivity index (χ0) is 12.8. The molecule has 0 bridgehead atoms. The lowest BCUT2D eigenvalue weighted by Crippen LogP contribution is -2.20. The second-order valence-corrected chi connectivity index (χ2v) is 4.35. The number of hydrogen-bond donors (Lipinski definition) is 0. The van der Waals surface area contributed by atoms with E-state index in [1.807, 2.05) is 33.8 Å². The Morgan fingerprint density at radius 3 is 2.71 bits per heavy atom. The van der Waals surface area contributed by atoms with Crippen LogP contribution in [0.4, 0.5) is 0 Å². The summed E-state index contributed by atoms with van der Waals surface area (Å²) >= 11 is 5.93. The first-order chi connectivity index (χ1) is 8.08. The van der Waals surface area contributed by atoms with Gasteiger partial charge >= 0.3 is 0 Å². The Labute approximate surface area is 108 Å². The molecular formula is C13H20ClNO2. The largest absolute Gasteiger partial charge is 0.472 e. The molecule has 1 aromatic rings. The molecule has 1 aromatic heterocycles. The van der Waals surface area contributed by atoms with Crippen LogP contribution < -0.4 is 4.74 Å². The Morgan fingerprint density at radius 1 is 1.41 bits per heavy atom. The Hall–Kier alpha value is -0.800. The molecule has 0 radical (unpaired) electrons. The van der Waals surface area contributed by atoms with Crippen molar-refractivity contribution in [2.45, 2.75) is 39.7 Å². The maximum absolute atomic E-state index is 5.93. The van der Waals surface area contributed by atoms with Crippen molar-refractivity contribution in [3.8, 4) is 5.88 Å². The molecule has 0 fully saturated rings. The molecule has 0 aliphatic rings. The highest BCUT2D eigenvalue weighted by molar-refractivity contribution is 6.17. The number of ether oxygens (including phenoxy) is 2. The first-order valence-corrected chi connectivity index (χ1v) is 6.39. The lowest BCUT2D eigenvalue weighted by molar-refractivity contribution is 0.0628. The normalized spacial score (nSPS) is 12.5. The molecule has 17 heavy (non-hydrogen) atoms. The van der Waals surface area contributed by atoms with Crippen molar-refractivity contribution in [1.82, 2.24) is 4.98 Å². The quantitative estimate of drug-likeness (QED) is 0.733. The van der Waals surface area contributed by atoms with Crippen molar-refractivity contribution < 1.29 is 9.47 Å². The number of aromatic nitrogens is 1. The second kappa shape index (κ2) is 6.82. The maximum atomic E-state index is 5.93. The molecule has 0 aromatic carbocycles. The molecule has 0 saturated heterocycles. The van der Waals surface area contributed by atoms with Gasteiger partial charge in [-0.3, -0.25) is 0 Å². The number of nitrogens with zero attached hydrogens (tertiary/aromatic N) is 1. The molecule has 1 atom stereocenters. The second-order valence-electron chi connectivity index (χ2n) is 4.09. The zero-order valence-electron chi connectivity index (χ0n) is 10.9. The van der Waals surface area contributed by atoms with E-state index in [4.69, 9.17) is 21.1 Å². The van der Waals surface area contributed by atoms with Gasteiger partial charge in [0.05, 0.1) is 12.5 Å². The average molecular weight is 258 g/mol. The van der Waals surface area contributed by atoms with Crippen LogP contribution in [0, 0.1) is 13.8 Å². The van der Waals surface area contributed by atoms with Gasteiger partial charge in [-0.1, -0.05) is 0 Å². The summed E-state index contributed by atoms with van der Waals surface area (Å²) in [7, 11) is 0. The van der Waals surface area contributed by atoms with Crippen LogP contribution in [0.2, 0.25) is 0 Å². The van der Waals surface area contributed by atoms with Gasteiger partial charge in [-0.15, -0.1) is 11.6 Å². The molecular weight excluding hydrogens is 238 g/mol. The minimum Gasteiger partial charge on any atom is -0.472 e. The number of pyridine rings is 1. The molecule has 96 valence electrons. The van der Waals surface area contributed by atoms with E-state index in [1.54, 1.807) is 0 Å². The van der Waals surface area contributed by atoms with Gasteiger partial charge in [0.1, 0.15) is 6.10 Å². The van der Waals surface area contributed by atoms with E-state index in [9.17, 15) is 0 Å². The summed E-state index contributed by atoms with van der Waals surface area (Å²) in [5.74, 6) is 1.04. The lowest BCUT2D eigenvalue weighted by atomic mass is 10.1. The Balaban J connectivity index is 2.81. The Bertz CT molecular complexity index is 369. The fourth-order valence-electron chi connectivity index (χ4n) is 1.60. The first kappa shape index (κ1) is 14.3. The smallest absolute Gasteiger partial charge is 0.218 e. The van der Waals surface area contributed by atoms with E-state index in [0.29, 0.717) is 25.0 Å². The lowest BCUT2D eigenvalue weighted by Gasteiger charge is -2.17. The van der Waals surface area contributed by atoms with Gasteiger partial charge < -0.3 is 9.47 Å². The van der Waals surface area contributed by atoms with Gasteiger partial charge in [0.2, 0.25) is 5.88 Å². The summed E-state index contributed by atoms with van der Waals surface area (Å²) in [5.41, 5.74) is 3.02. The molecule has 3 nitrogen and oxygen atoms in total. The van der Waals surface area contributed by atoms with Gasteiger partial charge in [0, 0.05) is 17.9 Å². The first-order valence-electron chi connectivity index (χ1n) is 5.86. The molecule has 0 spiro atoms. The summed E-state index contributed by atoms with van der Waals surface area (Å²) in [6, 6.07) is 2.01. The van der Waals surface area contributed by atoms with Crippen LogP contribution in [0.5, 0.6) is 5.88 Å². The molecule has 0 amide bonds. The van der Waals surface area contributed by atoms with E-state index in [0.717, 1.165) is 16.8 Å². The molecule has 1 rings (SSSR count). The summed E-state index contributed by atoms with van der Waals surface area (Å²) in [6.45, 7) is 9.15. The molecule has 0 saturated carbocycles. The topological polar surface area (TPSA) is 31.4 Å². The standard InChI is InChI=1S/C13H20ClNO2/c1-5-16-8-11(4)17-13-12(7-14)9(2)6-10(3)15-13/h6,11H,5,7-8H2,1-4H3. The van der Waals surface area contributed by atoms with Crippen molar-refractivity contribution in [1.29, 1.82) is 0 Å². The minimum absolute atomic E-state index is 0.0226. The highest BCUT2D eigenvalue weighted by Crippen LogP contribution is 2.23. The van der Waals surface area contributed by atoms with Crippen molar-refractivity contribution in [3.05, 3.63) is 22.9 Å². The van der Waals surface area contributed by atoms with Gasteiger partial charge in [0.25, 0.3) is 0 Å². The molecule has 1 heterocycles. The molecule has 0 N–H and O–H groups in total. The molecule has 0 aliphatic carbocycles. The van der Waals surface area contributed by atoms with Crippen molar-refractivity contribution in [2.75, 3.05) is 13.2 Å². The van der Waals surface area contributed by atoms with E-state index in [-0.39, 0.29) is 6.10 Å². The fraction of sp³-hybridized carbons (Fsp3) is 0.615. The van der Waals surface area contributed by atoms with Crippen LogP contribution >= 0.6 is 11.6 Å². The number of alkyl halides is 1.